The van der Waals surface area contributed by atoms with Crippen LogP contribution >= 0.6 is 0 Å². The van der Waals surface area contributed by atoms with E-state index in [1.807, 2.05) is 20.0 Å². The maximum absolute atomic E-state index is 13.6. The molecule has 2 atom stereocenters. The first-order valence-corrected chi connectivity index (χ1v) is 6.15. The minimum absolute atomic E-state index is 0.202. The lowest BCUT2D eigenvalue weighted by atomic mass is 10.0. The van der Waals surface area contributed by atoms with Crippen molar-refractivity contribution >= 4 is 5.69 Å². The maximum atomic E-state index is 13.6. The average molecular weight is 254 g/mol. The number of benzene rings is 1. The molecular formula is C14H23FN2O. The molecule has 102 valence electrons. The molecule has 0 aliphatic rings. The van der Waals surface area contributed by atoms with E-state index in [1.165, 1.54) is 6.07 Å². The van der Waals surface area contributed by atoms with Gasteiger partial charge in [0.25, 0.3) is 0 Å². The highest BCUT2D eigenvalue weighted by atomic mass is 19.1. The molecule has 4 heteroatoms. The van der Waals surface area contributed by atoms with Gasteiger partial charge in [-0.25, -0.2) is 4.39 Å². The standard InChI is InChI=1S/C14H23FN2O/c1-9-6-14(17(4)10(2)8-18-5)12(11(3)16)7-13(9)15/h6-7,10-11H,8,16H2,1-5H3. The van der Waals surface area contributed by atoms with Crippen LogP contribution in [0.5, 0.6) is 0 Å². The smallest absolute Gasteiger partial charge is 0.126 e. The third-order valence-electron chi connectivity index (χ3n) is 3.25. The van der Waals surface area contributed by atoms with Gasteiger partial charge in [-0.3, -0.25) is 0 Å². The zero-order chi connectivity index (χ0) is 13.9. The monoisotopic (exact) mass is 254 g/mol. The van der Waals surface area contributed by atoms with Crippen molar-refractivity contribution in [2.45, 2.75) is 32.9 Å². The summed E-state index contributed by atoms with van der Waals surface area (Å²) in [7, 11) is 3.65. The Morgan fingerprint density at radius 2 is 2.00 bits per heavy atom. The van der Waals surface area contributed by atoms with Crippen molar-refractivity contribution < 1.29 is 9.13 Å². The third-order valence-corrected chi connectivity index (χ3v) is 3.25. The van der Waals surface area contributed by atoms with Crippen molar-refractivity contribution in [3.8, 4) is 0 Å². The van der Waals surface area contributed by atoms with E-state index in [2.05, 4.69) is 11.8 Å². The van der Waals surface area contributed by atoms with Crippen LogP contribution in [0.1, 0.15) is 31.0 Å². The fraction of sp³-hybridized carbons (Fsp3) is 0.571. The van der Waals surface area contributed by atoms with Gasteiger partial charge in [-0.1, -0.05) is 0 Å². The van der Waals surface area contributed by atoms with E-state index in [0.29, 0.717) is 12.2 Å². The van der Waals surface area contributed by atoms with Crippen LogP contribution in [0, 0.1) is 12.7 Å². The van der Waals surface area contributed by atoms with Crippen LogP contribution in [0.4, 0.5) is 10.1 Å². The van der Waals surface area contributed by atoms with Gasteiger partial charge in [-0.15, -0.1) is 0 Å². The summed E-state index contributed by atoms with van der Waals surface area (Å²) in [6.07, 6.45) is 0. The Hall–Kier alpha value is -1.13. The largest absolute Gasteiger partial charge is 0.383 e. The Labute approximate surface area is 109 Å². The first-order chi connectivity index (χ1) is 8.38. The predicted molar refractivity (Wildman–Crippen MR) is 73.5 cm³/mol. The molecule has 3 nitrogen and oxygen atoms in total. The molecule has 0 aliphatic carbocycles. The summed E-state index contributed by atoms with van der Waals surface area (Å²) in [6, 6.07) is 3.38. The normalized spacial score (nSPS) is 14.4. The van der Waals surface area contributed by atoms with Gasteiger partial charge in [-0.2, -0.15) is 0 Å². The van der Waals surface area contributed by atoms with Gasteiger partial charge < -0.3 is 15.4 Å². The minimum Gasteiger partial charge on any atom is -0.383 e. The molecule has 0 spiro atoms. The number of hydrogen-bond acceptors (Lipinski definition) is 3. The summed E-state index contributed by atoms with van der Waals surface area (Å²) in [5.74, 6) is -0.209. The highest BCUT2D eigenvalue weighted by Crippen LogP contribution is 2.28. The summed E-state index contributed by atoms with van der Waals surface area (Å²) < 4.78 is 18.8. The van der Waals surface area contributed by atoms with Crippen LogP contribution in [0.15, 0.2) is 12.1 Å². The van der Waals surface area contributed by atoms with Crippen molar-refractivity contribution in [1.82, 2.24) is 0 Å². The van der Waals surface area contributed by atoms with Crippen LogP contribution in [0.2, 0.25) is 0 Å². The molecule has 0 aromatic heterocycles. The van der Waals surface area contributed by atoms with E-state index in [0.717, 1.165) is 11.3 Å². The lowest BCUT2D eigenvalue weighted by molar-refractivity contribution is 0.183. The van der Waals surface area contributed by atoms with Gasteiger partial charge in [-0.05, 0) is 44.0 Å². The second-order valence-electron chi connectivity index (χ2n) is 4.86. The first kappa shape index (κ1) is 14.9. The topological polar surface area (TPSA) is 38.5 Å². The molecule has 0 radical (unpaired) electrons. The number of ether oxygens (including phenoxy) is 1. The van der Waals surface area contributed by atoms with Gasteiger partial charge in [0.05, 0.1) is 6.61 Å². The Bertz CT molecular complexity index is 407. The third kappa shape index (κ3) is 3.21. The molecule has 0 saturated carbocycles. The summed E-state index contributed by atoms with van der Waals surface area (Å²) >= 11 is 0. The lowest BCUT2D eigenvalue weighted by Crippen LogP contribution is -2.34. The molecule has 0 fully saturated rings. The van der Waals surface area contributed by atoms with Crippen molar-refractivity contribution in [2.75, 3.05) is 25.7 Å². The number of aryl methyl sites for hydroxylation is 1. The molecule has 2 unspecified atom stereocenters. The van der Waals surface area contributed by atoms with Crippen molar-refractivity contribution in [2.24, 2.45) is 5.73 Å². The Balaban J connectivity index is 3.17. The van der Waals surface area contributed by atoms with Crippen molar-refractivity contribution in [3.05, 3.63) is 29.1 Å². The summed E-state index contributed by atoms with van der Waals surface area (Å²) in [5, 5.41) is 0. The molecular weight excluding hydrogens is 231 g/mol. The van der Waals surface area contributed by atoms with Crippen LogP contribution in [-0.2, 0) is 4.74 Å². The molecule has 0 bridgehead atoms. The van der Waals surface area contributed by atoms with Crippen LogP contribution in [-0.4, -0.2) is 26.8 Å². The van der Waals surface area contributed by atoms with E-state index >= 15 is 0 Å². The average Bonchev–Trinajstić information content (AvgIpc) is 2.31. The lowest BCUT2D eigenvalue weighted by Gasteiger charge is -2.30. The molecule has 2 N–H and O–H groups in total. The number of methoxy groups -OCH3 is 1. The van der Waals surface area contributed by atoms with E-state index < -0.39 is 0 Å². The summed E-state index contributed by atoms with van der Waals surface area (Å²) in [6.45, 7) is 6.31. The van der Waals surface area contributed by atoms with Crippen LogP contribution in [0.3, 0.4) is 0 Å². The van der Waals surface area contributed by atoms with Gasteiger partial charge in [0, 0.05) is 31.9 Å². The van der Waals surface area contributed by atoms with Gasteiger partial charge in [0.15, 0.2) is 0 Å². The number of nitrogens with two attached hydrogens (primary N) is 1. The Kier molecular flexibility index (Phi) is 5.11. The molecule has 0 aliphatic heterocycles. The van der Waals surface area contributed by atoms with E-state index in [-0.39, 0.29) is 17.9 Å². The Morgan fingerprint density at radius 1 is 1.39 bits per heavy atom. The molecule has 0 amide bonds. The Morgan fingerprint density at radius 3 is 2.50 bits per heavy atom. The van der Waals surface area contributed by atoms with E-state index in [9.17, 15) is 4.39 Å². The first-order valence-electron chi connectivity index (χ1n) is 6.15. The molecule has 1 aromatic carbocycles. The fourth-order valence-corrected chi connectivity index (χ4v) is 1.94. The predicted octanol–water partition coefficient (Wildman–Crippen LogP) is 2.62. The van der Waals surface area contributed by atoms with Gasteiger partial charge >= 0.3 is 0 Å². The van der Waals surface area contributed by atoms with Gasteiger partial charge in [0.1, 0.15) is 5.82 Å². The summed E-state index contributed by atoms with van der Waals surface area (Å²) in [5.41, 5.74) is 8.34. The van der Waals surface area contributed by atoms with Crippen LogP contribution < -0.4 is 10.6 Å². The quantitative estimate of drug-likeness (QED) is 0.878. The second kappa shape index (κ2) is 6.16. The highest BCUT2D eigenvalue weighted by Gasteiger charge is 2.17. The van der Waals surface area contributed by atoms with E-state index in [4.69, 9.17) is 10.5 Å². The number of halogens is 1. The molecule has 18 heavy (non-hydrogen) atoms. The number of rotatable bonds is 5. The SMILES string of the molecule is COCC(C)N(C)c1cc(C)c(F)cc1C(C)N. The summed E-state index contributed by atoms with van der Waals surface area (Å²) in [4.78, 5) is 2.08. The van der Waals surface area contributed by atoms with Crippen LogP contribution in [0.25, 0.3) is 0 Å². The van der Waals surface area contributed by atoms with E-state index in [1.54, 1.807) is 14.0 Å². The highest BCUT2D eigenvalue weighted by molar-refractivity contribution is 5.57. The molecule has 1 rings (SSSR count). The number of likely N-dealkylation sites (N-methyl/N-ethyl adjacent to an activating group) is 1. The van der Waals surface area contributed by atoms with Crippen molar-refractivity contribution in [3.63, 3.8) is 0 Å². The zero-order valence-electron chi connectivity index (χ0n) is 11.8. The number of nitrogens with zero attached hydrogens (tertiary/aromatic N) is 1. The number of hydrogen-bond donors (Lipinski definition) is 1. The van der Waals surface area contributed by atoms with Crippen molar-refractivity contribution in [1.29, 1.82) is 0 Å². The van der Waals surface area contributed by atoms with Gasteiger partial charge in [0.2, 0.25) is 0 Å². The maximum Gasteiger partial charge on any atom is 0.126 e. The number of anilines is 1. The fourth-order valence-electron chi connectivity index (χ4n) is 1.94. The molecule has 0 heterocycles. The second-order valence-corrected chi connectivity index (χ2v) is 4.86. The molecule has 1 aromatic rings. The minimum atomic E-state index is -0.209. The molecule has 0 saturated heterocycles. The zero-order valence-corrected chi connectivity index (χ0v) is 11.8.